The number of hydrogen-bond donors (Lipinski definition) is 1. The van der Waals surface area contributed by atoms with Crippen molar-refractivity contribution in [3.05, 3.63) is 90.0 Å². The van der Waals surface area contributed by atoms with Gasteiger partial charge in [0, 0.05) is 6.04 Å². The maximum Gasteiger partial charge on any atom is 0.240 e. The molecular formula is C22H18N2O2S3. The summed E-state index contributed by atoms with van der Waals surface area (Å²) in [5.41, 5.74) is 3.34. The van der Waals surface area contributed by atoms with E-state index in [9.17, 15) is 8.42 Å². The summed E-state index contributed by atoms with van der Waals surface area (Å²) >= 11 is 3.29. The van der Waals surface area contributed by atoms with Crippen LogP contribution in [-0.4, -0.2) is 19.4 Å². The number of nitrogens with zero attached hydrogens (tertiary/aromatic N) is 1. The van der Waals surface area contributed by atoms with E-state index >= 15 is 0 Å². The van der Waals surface area contributed by atoms with Crippen molar-refractivity contribution in [2.45, 2.75) is 26.9 Å². The van der Waals surface area contributed by atoms with E-state index in [0.717, 1.165) is 14.6 Å². The van der Waals surface area contributed by atoms with Crippen LogP contribution >= 0.6 is 23.1 Å². The van der Waals surface area contributed by atoms with Crippen molar-refractivity contribution in [3.63, 3.8) is 0 Å². The Hall–Kier alpha value is -2.19. The molecule has 1 aromatic heterocycles. The Bertz CT molecular complexity index is 1240. The SMILES string of the molecule is O=S(=O)(NC1Cc2ccccc2C1Sc1nc2ccccc2s1)c1ccccc1. The standard InChI is InChI=1S/C22H18N2O2S3/c25-29(26,16-9-2-1-3-10-16)24-19-14-15-8-4-5-11-17(15)21(19)28-22-23-18-12-6-7-13-20(18)27-22/h1-13,19,21,24H,14H2. The summed E-state index contributed by atoms with van der Waals surface area (Å²) in [4.78, 5) is 5.03. The lowest BCUT2D eigenvalue weighted by Gasteiger charge is -2.20. The molecule has 1 aliphatic rings. The van der Waals surface area contributed by atoms with Crippen LogP contribution in [0.1, 0.15) is 16.4 Å². The molecule has 4 nitrogen and oxygen atoms in total. The molecule has 146 valence electrons. The molecule has 1 N–H and O–H groups in total. The van der Waals surface area contributed by atoms with Gasteiger partial charge in [-0.15, -0.1) is 11.3 Å². The lowest BCUT2D eigenvalue weighted by atomic mass is 10.1. The summed E-state index contributed by atoms with van der Waals surface area (Å²) in [5.74, 6) is 0. The van der Waals surface area contributed by atoms with Gasteiger partial charge in [0.25, 0.3) is 0 Å². The van der Waals surface area contributed by atoms with E-state index < -0.39 is 10.0 Å². The molecule has 0 aliphatic heterocycles. The number of aromatic nitrogens is 1. The highest BCUT2D eigenvalue weighted by molar-refractivity contribution is 8.01. The average Bonchev–Trinajstić information content (AvgIpc) is 3.29. The predicted octanol–water partition coefficient (Wildman–Crippen LogP) is 5.03. The second-order valence-electron chi connectivity index (χ2n) is 6.93. The molecule has 2 unspecified atom stereocenters. The van der Waals surface area contributed by atoms with Gasteiger partial charge in [-0.1, -0.05) is 66.4 Å². The van der Waals surface area contributed by atoms with Gasteiger partial charge in [-0.25, -0.2) is 18.1 Å². The summed E-state index contributed by atoms with van der Waals surface area (Å²) in [6, 6.07) is 24.6. The minimum atomic E-state index is -3.59. The van der Waals surface area contributed by atoms with Crippen LogP contribution in [0.5, 0.6) is 0 Å². The number of rotatable bonds is 5. The lowest BCUT2D eigenvalue weighted by Crippen LogP contribution is -2.36. The van der Waals surface area contributed by atoms with Crippen LogP contribution < -0.4 is 4.72 Å². The quantitative estimate of drug-likeness (QED) is 0.475. The first-order valence-electron chi connectivity index (χ1n) is 9.27. The van der Waals surface area contributed by atoms with Gasteiger partial charge >= 0.3 is 0 Å². The van der Waals surface area contributed by atoms with Crippen molar-refractivity contribution in [3.8, 4) is 0 Å². The first-order chi connectivity index (χ1) is 14.1. The number of thiazole rings is 1. The number of fused-ring (bicyclic) bond motifs is 2. The molecule has 1 heterocycles. The number of benzene rings is 3. The van der Waals surface area contributed by atoms with Gasteiger partial charge in [0.1, 0.15) is 0 Å². The van der Waals surface area contributed by atoms with Crippen molar-refractivity contribution < 1.29 is 8.42 Å². The Morgan fingerprint density at radius 1 is 0.931 bits per heavy atom. The Morgan fingerprint density at radius 2 is 1.66 bits per heavy atom. The molecule has 0 saturated carbocycles. The highest BCUT2D eigenvalue weighted by Crippen LogP contribution is 2.46. The predicted molar refractivity (Wildman–Crippen MR) is 119 cm³/mol. The third-order valence-corrected chi connectivity index (χ3v) is 9.03. The Labute approximate surface area is 178 Å². The van der Waals surface area contributed by atoms with Crippen molar-refractivity contribution in [1.29, 1.82) is 0 Å². The van der Waals surface area contributed by atoms with Gasteiger partial charge in [0.15, 0.2) is 4.34 Å². The number of hydrogen-bond acceptors (Lipinski definition) is 5. The fourth-order valence-corrected chi connectivity index (χ4v) is 7.56. The van der Waals surface area contributed by atoms with Crippen molar-refractivity contribution in [2.75, 3.05) is 0 Å². The van der Waals surface area contributed by atoms with E-state index in [4.69, 9.17) is 4.98 Å². The smallest absolute Gasteiger partial charge is 0.230 e. The first kappa shape index (κ1) is 18.8. The third-order valence-electron chi connectivity index (χ3n) is 5.03. The molecule has 2 atom stereocenters. The molecule has 4 aromatic rings. The zero-order valence-electron chi connectivity index (χ0n) is 15.4. The van der Waals surface area contributed by atoms with E-state index in [2.05, 4.69) is 22.9 Å². The van der Waals surface area contributed by atoms with Crippen LogP contribution in [0.3, 0.4) is 0 Å². The Kier molecular flexibility index (Phi) is 4.91. The van der Waals surface area contributed by atoms with Gasteiger partial charge in [0.05, 0.1) is 20.4 Å². The van der Waals surface area contributed by atoms with Crippen LogP contribution in [-0.2, 0) is 16.4 Å². The Balaban J connectivity index is 1.48. The van der Waals surface area contributed by atoms with Crippen molar-refractivity contribution in [2.24, 2.45) is 0 Å². The molecular weight excluding hydrogens is 420 g/mol. The van der Waals surface area contributed by atoms with Crippen LogP contribution in [0.4, 0.5) is 0 Å². The first-order valence-corrected chi connectivity index (χ1v) is 12.5. The highest BCUT2D eigenvalue weighted by Gasteiger charge is 2.36. The van der Waals surface area contributed by atoms with Crippen LogP contribution in [0, 0.1) is 0 Å². The van der Waals surface area contributed by atoms with E-state index in [1.165, 1.54) is 11.1 Å². The minimum Gasteiger partial charge on any atom is -0.230 e. The summed E-state index contributed by atoms with van der Waals surface area (Å²) in [7, 11) is -3.59. The molecule has 0 amide bonds. The van der Waals surface area contributed by atoms with Crippen LogP contribution in [0.25, 0.3) is 10.2 Å². The van der Waals surface area contributed by atoms with Crippen molar-refractivity contribution in [1.82, 2.24) is 9.71 Å². The summed E-state index contributed by atoms with van der Waals surface area (Å²) in [5, 5.41) is -0.0229. The molecule has 0 bridgehead atoms. The monoisotopic (exact) mass is 438 g/mol. The second-order valence-corrected chi connectivity index (χ2v) is 11.1. The van der Waals surface area contributed by atoms with Gasteiger partial charge in [-0.05, 0) is 41.8 Å². The molecule has 3 aromatic carbocycles. The fourth-order valence-electron chi connectivity index (χ4n) is 3.68. The highest BCUT2D eigenvalue weighted by atomic mass is 32.2. The second kappa shape index (κ2) is 7.57. The molecule has 0 spiro atoms. The molecule has 0 fully saturated rings. The van der Waals surface area contributed by atoms with E-state index in [-0.39, 0.29) is 11.3 Å². The van der Waals surface area contributed by atoms with Gasteiger partial charge in [0.2, 0.25) is 10.0 Å². The number of nitrogens with one attached hydrogen (secondary N) is 1. The zero-order valence-corrected chi connectivity index (χ0v) is 17.8. The maximum atomic E-state index is 12.9. The Morgan fingerprint density at radius 3 is 2.48 bits per heavy atom. The third kappa shape index (κ3) is 3.71. The maximum absolute atomic E-state index is 12.9. The molecule has 0 radical (unpaired) electrons. The van der Waals surface area contributed by atoms with E-state index in [1.54, 1.807) is 47.4 Å². The molecule has 7 heteroatoms. The number of para-hydroxylation sites is 1. The molecule has 29 heavy (non-hydrogen) atoms. The van der Waals surface area contributed by atoms with Gasteiger partial charge in [-0.3, -0.25) is 0 Å². The normalized spacial score (nSPS) is 18.8. The zero-order chi connectivity index (χ0) is 19.8. The van der Waals surface area contributed by atoms with Gasteiger partial charge < -0.3 is 0 Å². The number of thioether (sulfide) groups is 1. The fraction of sp³-hybridized carbons (Fsp3) is 0.136. The lowest BCUT2D eigenvalue weighted by molar-refractivity contribution is 0.553. The summed E-state index contributed by atoms with van der Waals surface area (Å²) in [6.07, 6.45) is 0.671. The van der Waals surface area contributed by atoms with Crippen molar-refractivity contribution >= 4 is 43.3 Å². The van der Waals surface area contributed by atoms with Gasteiger partial charge in [-0.2, -0.15) is 0 Å². The summed E-state index contributed by atoms with van der Waals surface area (Å²) in [6.45, 7) is 0. The van der Waals surface area contributed by atoms with E-state index in [1.807, 2.05) is 36.4 Å². The van der Waals surface area contributed by atoms with E-state index in [0.29, 0.717) is 11.3 Å². The minimum absolute atomic E-state index is 0.0229. The van der Waals surface area contributed by atoms with Crippen LogP contribution in [0.2, 0.25) is 0 Å². The average molecular weight is 439 g/mol. The molecule has 1 aliphatic carbocycles. The number of sulfonamides is 1. The largest absolute Gasteiger partial charge is 0.240 e. The summed E-state index contributed by atoms with van der Waals surface area (Å²) < 4.78 is 30.9. The topological polar surface area (TPSA) is 59.1 Å². The molecule has 0 saturated heterocycles. The van der Waals surface area contributed by atoms with Crippen LogP contribution in [0.15, 0.2) is 88.1 Å². The molecule has 5 rings (SSSR count).